The minimum atomic E-state index is -3.35. The van der Waals surface area contributed by atoms with Crippen LogP contribution in [0.15, 0.2) is 59.8 Å². The van der Waals surface area contributed by atoms with Gasteiger partial charge in [0.1, 0.15) is 0 Å². The maximum Gasteiger partial charge on any atom is 0.196 e. The Hall–Kier alpha value is -1.68. The zero-order chi connectivity index (χ0) is 15.1. The second-order valence-electron chi connectivity index (χ2n) is 5.20. The second-order valence-corrected chi connectivity index (χ2v) is 7.18. The lowest BCUT2D eigenvalue weighted by Gasteiger charge is -2.17. The van der Waals surface area contributed by atoms with Crippen LogP contribution in [0.2, 0.25) is 0 Å². The summed E-state index contributed by atoms with van der Waals surface area (Å²) in [6.45, 7) is 2.12. The number of nitrogens with zero attached hydrogens (tertiary/aromatic N) is 1. The normalized spacial score (nSPS) is 13.0. The van der Waals surface area contributed by atoms with Crippen molar-refractivity contribution in [3.05, 3.63) is 60.3 Å². The monoisotopic (exact) mass is 303 g/mol. The van der Waals surface area contributed by atoms with Gasteiger partial charge in [-0.2, -0.15) is 0 Å². The van der Waals surface area contributed by atoms with E-state index in [1.165, 1.54) is 6.20 Å². The van der Waals surface area contributed by atoms with E-state index in [0.29, 0.717) is 0 Å². The average molecular weight is 303 g/mol. The van der Waals surface area contributed by atoms with Crippen LogP contribution >= 0.6 is 0 Å². The number of rotatable bonds is 7. The van der Waals surface area contributed by atoms with Gasteiger partial charge in [-0.1, -0.05) is 56.2 Å². The van der Waals surface area contributed by atoms with Crippen molar-refractivity contribution in [1.82, 2.24) is 4.98 Å². The molecule has 0 fully saturated rings. The zero-order valence-electron chi connectivity index (χ0n) is 12.3. The Morgan fingerprint density at radius 3 is 2.38 bits per heavy atom. The fourth-order valence-electron chi connectivity index (χ4n) is 2.40. The van der Waals surface area contributed by atoms with Gasteiger partial charge in [-0.15, -0.1) is 0 Å². The van der Waals surface area contributed by atoms with E-state index in [1.54, 1.807) is 18.2 Å². The van der Waals surface area contributed by atoms with E-state index in [-0.39, 0.29) is 16.7 Å². The quantitative estimate of drug-likeness (QED) is 0.781. The maximum atomic E-state index is 12.5. The summed E-state index contributed by atoms with van der Waals surface area (Å²) in [6, 6.07) is 14.9. The number of unbranched alkanes of at least 4 members (excludes halogenated alkanes) is 1. The summed E-state index contributed by atoms with van der Waals surface area (Å²) < 4.78 is 25.0. The molecule has 0 aliphatic heterocycles. The molecular formula is C17H21NO2S. The molecule has 0 spiro atoms. The van der Waals surface area contributed by atoms with Crippen molar-refractivity contribution in [3.8, 4) is 0 Å². The van der Waals surface area contributed by atoms with Crippen molar-refractivity contribution in [2.45, 2.75) is 37.1 Å². The highest BCUT2D eigenvalue weighted by atomic mass is 32.2. The van der Waals surface area contributed by atoms with Crippen LogP contribution in [0.4, 0.5) is 0 Å². The summed E-state index contributed by atoms with van der Waals surface area (Å²) in [5.74, 6) is 0.145. The van der Waals surface area contributed by atoms with Crippen LogP contribution in [0.3, 0.4) is 0 Å². The Morgan fingerprint density at radius 2 is 1.76 bits per heavy atom. The minimum Gasteiger partial charge on any atom is -0.245 e. The van der Waals surface area contributed by atoms with E-state index in [4.69, 9.17) is 0 Å². The minimum absolute atomic E-state index is 0.0261. The highest BCUT2D eigenvalue weighted by Gasteiger charge is 2.23. The van der Waals surface area contributed by atoms with Crippen LogP contribution in [0.5, 0.6) is 0 Å². The van der Waals surface area contributed by atoms with Gasteiger partial charge in [0, 0.05) is 6.20 Å². The molecule has 0 amide bonds. The van der Waals surface area contributed by atoms with Crippen molar-refractivity contribution in [3.63, 3.8) is 0 Å². The van der Waals surface area contributed by atoms with Crippen molar-refractivity contribution < 1.29 is 8.42 Å². The maximum absolute atomic E-state index is 12.5. The zero-order valence-corrected chi connectivity index (χ0v) is 13.1. The number of aromatic nitrogens is 1. The standard InChI is InChI=1S/C17H21NO2S/c1-2-3-9-16(15-10-5-4-6-11-15)14-21(19,20)17-12-7-8-13-18-17/h4-8,10-13,16H,2-3,9,14H2,1H3/t16-/m0/s1. The lowest BCUT2D eigenvalue weighted by Crippen LogP contribution is -2.16. The first kappa shape index (κ1) is 15.7. The number of sulfone groups is 1. The molecule has 112 valence electrons. The van der Waals surface area contributed by atoms with Gasteiger partial charge >= 0.3 is 0 Å². The molecule has 0 radical (unpaired) electrons. The molecule has 1 heterocycles. The lowest BCUT2D eigenvalue weighted by atomic mass is 9.95. The molecule has 0 saturated carbocycles. The molecule has 0 saturated heterocycles. The lowest BCUT2D eigenvalue weighted by molar-refractivity contribution is 0.569. The molecule has 0 unspecified atom stereocenters. The number of hydrogen-bond donors (Lipinski definition) is 0. The Labute approximate surface area is 127 Å². The molecule has 1 aromatic carbocycles. The van der Waals surface area contributed by atoms with Crippen molar-refractivity contribution in [2.24, 2.45) is 0 Å². The van der Waals surface area contributed by atoms with E-state index in [2.05, 4.69) is 11.9 Å². The number of benzene rings is 1. The molecule has 0 bridgehead atoms. The summed E-state index contributed by atoms with van der Waals surface area (Å²) in [4.78, 5) is 3.99. The topological polar surface area (TPSA) is 47.0 Å². The van der Waals surface area contributed by atoms with Crippen LogP contribution in [-0.2, 0) is 9.84 Å². The van der Waals surface area contributed by atoms with Crippen LogP contribution in [0.25, 0.3) is 0 Å². The largest absolute Gasteiger partial charge is 0.245 e. The van der Waals surface area contributed by atoms with Crippen molar-refractivity contribution in [2.75, 3.05) is 5.75 Å². The third-order valence-electron chi connectivity index (χ3n) is 3.55. The third-order valence-corrected chi connectivity index (χ3v) is 5.27. The average Bonchev–Trinajstić information content (AvgIpc) is 2.53. The molecule has 2 aromatic rings. The van der Waals surface area contributed by atoms with E-state index >= 15 is 0 Å². The summed E-state index contributed by atoms with van der Waals surface area (Å²) in [5.41, 5.74) is 1.09. The van der Waals surface area contributed by atoms with Gasteiger partial charge in [-0.05, 0) is 30.0 Å². The van der Waals surface area contributed by atoms with E-state index in [0.717, 1.165) is 24.8 Å². The number of hydrogen-bond acceptors (Lipinski definition) is 3. The third kappa shape index (κ3) is 4.39. The molecule has 4 heteroatoms. The first-order valence-electron chi connectivity index (χ1n) is 7.32. The fourth-order valence-corrected chi connectivity index (χ4v) is 3.97. The summed E-state index contributed by atoms with van der Waals surface area (Å²) in [5, 5.41) is 0.169. The highest BCUT2D eigenvalue weighted by Crippen LogP contribution is 2.26. The SMILES string of the molecule is CCCC[C@@H](CS(=O)(=O)c1ccccn1)c1ccccc1. The molecule has 3 nitrogen and oxygen atoms in total. The second kappa shape index (κ2) is 7.36. The molecule has 1 aromatic heterocycles. The summed E-state index contributed by atoms with van der Waals surface area (Å²) >= 11 is 0. The number of pyridine rings is 1. The van der Waals surface area contributed by atoms with E-state index in [1.807, 2.05) is 30.3 Å². The van der Waals surface area contributed by atoms with Crippen molar-refractivity contribution in [1.29, 1.82) is 0 Å². The Morgan fingerprint density at radius 1 is 1.05 bits per heavy atom. The summed E-state index contributed by atoms with van der Waals surface area (Å²) in [7, 11) is -3.35. The first-order chi connectivity index (χ1) is 10.1. The van der Waals surface area contributed by atoms with E-state index < -0.39 is 9.84 Å². The van der Waals surface area contributed by atoms with Gasteiger partial charge in [0.15, 0.2) is 14.9 Å². The molecule has 21 heavy (non-hydrogen) atoms. The van der Waals surface area contributed by atoms with Crippen LogP contribution in [0, 0.1) is 0 Å². The first-order valence-corrected chi connectivity index (χ1v) is 8.97. The smallest absolute Gasteiger partial charge is 0.196 e. The molecule has 0 N–H and O–H groups in total. The predicted octanol–water partition coefficient (Wildman–Crippen LogP) is 3.83. The van der Waals surface area contributed by atoms with Gasteiger partial charge in [-0.25, -0.2) is 13.4 Å². The molecule has 0 aliphatic rings. The van der Waals surface area contributed by atoms with Crippen molar-refractivity contribution >= 4 is 9.84 Å². The molecule has 0 aliphatic carbocycles. The van der Waals surface area contributed by atoms with Gasteiger partial charge < -0.3 is 0 Å². The van der Waals surface area contributed by atoms with E-state index in [9.17, 15) is 8.42 Å². The van der Waals surface area contributed by atoms with Crippen LogP contribution in [0.1, 0.15) is 37.7 Å². The predicted molar refractivity (Wildman–Crippen MR) is 85.0 cm³/mol. The van der Waals surface area contributed by atoms with Crippen LogP contribution in [-0.4, -0.2) is 19.2 Å². The Bertz CT molecular complexity index is 639. The van der Waals surface area contributed by atoms with Gasteiger partial charge in [0.25, 0.3) is 0 Å². The summed E-state index contributed by atoms with van der Waals surface area (Å²) in [6.07, 6.45) is 4.49. The molecule has 1 atom stereocenters. The van der Waals surface area contributed by atoms with Gasteiger partial charge in [0.2, 0.25) is 0 Å². The van der Waals surface area contributed by atoms with Crippen LogP contribution < -0.4 is 0 Å². The Kier molecular flexibility index (Phi) is 5.51. The van der Waals surface area contributed by atoms with Gasteiger partial charge in [-0.3, -0.25) is 0 Å². The van der Waals surface area contributed by atoms with Gasteiger partial charge in [0.05, 0.1) is 5.75 Å². The highest BCUT2D eigenvalue weighted by molar-refractivity contribution is 7.91. The molecule has 2 rings (SSSR count). The Balaban J connectivity index is 2.23. The fraction of sp³-hybridized carbons (Fsp3) is 0.353. The molecular weight excluding hydrogens is 282 g/mol.